The lowest BCUT2D eigenvalue weighted by atomic mass is 9.85. The van der Waals surface area contributed by atoms with Gasteiger partial charge in [-0.05, 0) is 36.5 Å². The van der Waals surface area contributed by atoms with Crippen LogP contribution in [0.25, 0.3) is 10.2 Å². The van der Waals surface area contributed by atoms with E-state index in [0.717, 1.165) is 26.7 Å². The van der Waals surface area contributed by atoms with Crippen molar-refractivity contribution in [1.82, 2.24) is 4.98 Å². The van der Waals surface area contributed by atoms with E-state index in [0.29, 0.717) is 5.69 Å². The maximum atomic E-state index is 12.9. The van der Waals surface area contributed by atoms with Gasteiger partial charge in [0, 0.05) is 5.75 Å². The number of amides is 2. The minimum atomic E-state index is -0.154. The summed E-state index contributed by atoms with van der Waals surface area (Å²) in [6.45, 7) is 3.73. The van der Waals surface area contributed by atoms with Crippen LogP contribution in [-0.2, 0) is 9.59 Å². The van der Waals surface area contributed by atoms with Gasteiger partial charge in [0.2, 0.25) is 11.8 Å². The average molecular weight is 368 g/mol. The average Bonchev–Trinajstić information content (AvgIpc) is 3.35. The van der Waals surface area contributed by atoms with Crippen LogP contribution in [0.3, 0.4) is 0 Å². The molecule has 0 unspecified atom stereocenters. The molecule has 4 atom stereocenters. The molecule has 2 fully saturated rings. The fourth-order valence-corrected chi connectivity index (χ4v) is 6.24. The third kappa shape index (κ3) is 2.17. The van der Waals surface area contributed by atoms with Crippen LogP contribution in [0, 0.1) is 23.7 Å². The number of thiazole rings is 1. The van der Waals surface area contributed by atoms with Gasteiger partial charge >= 0.3 is 0 Å². The first kappa shape index (κ1) is 15.3. The number of hydrogen-bond donors (Lipinski definition) is 0. The molecule has 3 aliphatic rings. The van der Waals surface area contributed by atoms with E-state index in [1.54, 1.807) is 23.1 Å². The number of thioether (sulfide) groups is 1. The SMILES string of the molecule is C=CCSc1nc2ccc(N3C(=O)[C@@H]4[C@@H](C3=O)[C@H]3C=C[C@H]4C3)cc2s1. The second-order valence-corrected chi connectivity index (χ2v) is 9.04. The summed E-state index contributed by atoms with van der Waals surface area (Å²) >= 11 is 3.23. The van der Waals surface area contributed by atoms with Crippen molar-refractivity contribution >= 4 is 50.8 Å². The molecule has 5 rings (SSSR count). The Morgan fingerprint density at radius 2 is 1.96 bits per heavy atom. The summed E-state index contributed by atoms with van der Waals surface area (Å²) in [5, 5.41) is 0. The van der Waals surface area contributed by atoms with Gasteiger partial charge in [0.05, 0.1) is 27.7 Å². The first-order valence-electron chi connectivity index (χ1n) is 8.38. The van der Waals surface area contributed by atoms with E-state index in [2.05, 4.69) is 23.7 Å². The van der Waals surface area contributed by atoms with Crippen LogP contribution in [-0.4, -0.2) is 22.6 Å². The Morgan fingerprint density at radius 3 is 2.64 bits per heavy atom. The van der Waals surface area contributed by atoms with Crippen LogP contribution >= 0.6 is 23.1 Å². The van der Waals surface area contributed by atoms with E-state index < -0.39 is 0 Å². The molecule has 6 heteroatoms. The van der Waals surface area contributed by atoms with E-state index >= 15 is 0 Å². The molecular weight excluding hydrogens is 352 g/mol. The summed E-state index contributed by atoms with van der Waals surface area (Å²) in [4.78, 5) is 31.8. The zero-order valence-electron chi connectivity index (χ0n) is 13.4. The maximum Gasteiger partial charge on any atom is 0.238 e. The molecule has 1 aromatic heterocycles. The van der Waals surface area contributed by atoms with Crippen molar-refractivity contribution in [2.45, 2.75) is 10.8 Å². The van der Waals surface area contributed by atoms with Crippen molar-refractivity contribution in [3.05, 3.63) is 43.0 Å². The summed E-state index contributed by atoms with van der Waals surface area (Å²) in [6, 6.07) is 5.67. The highest BCUT2D eigenvalue weighted by Crippen LogP contribution is 2.53. The lowest BCUT2D eigenvalue weighted by molar-refractivity contribution is -0.123. The first-order valence-corrected chi connectivity index (χ1v) is 10.2. The van der Waals surface area contributed by atoms with Crippen molar-refractivity contribution in [2.75, 3.05) is 10.7 Å². The molecule has 126 valence electrons. The van der Waals surface area contributed by atoms with Gasteiger partial charge in [-0.25, -0.2) is 9.88 Å². The molecule has 1 saturated carbocycles. The molecule has 2 aliphatic carbocycles. The summed E-state index contributed by atoms with van der Waals surface area (Å²) < 4.78 is 1.98. The van der Waals surface area contributed by atoms with Crippen molar-refractivity contribution in [2.24, 2.45) is 23.7 Å². The highest BCUT2D eigenvalue weighted by Gasteiger charge is 2.59. The molecular formula is C19H16N2O2S2. The monoisotopic (exact) mass is 368 g/mol. The summed E-state index contributed by atoms with van der Waals surface area (Å²) in [7, 11) is 0. The number of anilines is 1. The Bertz CT molecular complexity index is 918. The zero-order valence-corrected chi connectivity index (χ0v) is 15.1. The van der Waals surface area contributed by atoms with Gasteiger partial charge in [-0.3, -0.25) is 9.59 Å². The van der Waals surface area contributed by atoms with Gasteiger partial charge in [0.15, 0.2) is 4.34 Å². The number of carbonyl (C=O) groups is 2. The number of nitrogens with zero attached hydrogens (tertiary/aromatic N) is 2. The standard InChI is InChI=1S/C19H16N2O2S2/c1-2-7-24-19-20-13-6-5-12(9-14(13)25-19)21-17(22)15-10-3-4-11(8-10)16(15)18(21)23/h2-6,9-11,15-16H,1,7-8H2/t10-,11-,15-,16-/m0/s1. The van der Waals surface area contributed by atoms with Gasteiger partial charge in [-0.2, -0.15) is 0 Å². The maximum absolute atomic E-state index is 12.9. The highest BCUT2D eigenvalue weighted by atomic mass is 32.2. The molecule has 0 radical (unpaired) electrons. The molecule has 4 nitrogen and oxygen atoms in total. The molecule has 2 bridgehead atoms. The quantitative estimate of drug-likeness (QED) is 0.467. The Morgan fingerprint density at radius 1 is 1.24 bits per heavy atom. The van der Waals surface area contributed by atoms with Crippen molar-refractivity contribution in [3.8, 4) is 0 Å². The number of benzene rings is 1. The van der Waals surface area contributed by atoms with E-state index in [-0.39, 0.29) is 35.5 Å². The number of imide groups is 1. The second-order valence-electron chi connectivity index (χ2n) is 6.74. The fourth-order valence-electron chi connectivity index (χ4n) is 4.38. The second kappa shape index (κ2) is 5.54. The molecule has 2 heterocycles. The van der Waals surface area contributed by atoms with Gasteiger partial charge < -0.3 is 0 Å². The largest absolute Gasteiger partial charge is 0.274 e. The molecule has 0 spiro atoms. The molecule has 1 aromatic carbocycles. The minimum Gasteiger partial charge on any atom is -0.274 e. The lowest BCUT2D eigenvalue weighted by Gasteiger charge is -2.17. The Kier molecular flexibility index (Phi) is 3.40. The van der Waals surface area contributed by atoms with Crippen molar-refractivity contribution in [3.63, 3.8) is 0 Å². The molecule has 2 amide bonds. The van der Waals surface area contributed by atoms with Crippen LogP contribution in [0.1, 0.15) is 6.42 Å². The predicted octanol–water partition coefficient (Wildman–Crippen LogP) is 3.89. The minimum absolute atomic E-state index is 0.0306. The number of hydrogen-bond acceptors (Lipinski definition) is 5. The third-order valence-electron chi connectivity index (χ3n) is 5.41. The van der Waals surface area contributed by atoms with E-state index in [9.17, 15) is 9.59 Å². The Balaban J connectivity index is 1.50. The van der Waals surface area contributed by atoms with Crippen molar-refractivity contribution in [1.29, 1.82) is 0 Å². The fraction of sp³-hybridized carbons (Fsp3) is 0.316. The van der Waals surface area contributed by atoms with Gasteiger partial charge in [0.1, 0.15) is 0 Å². The van der Waals surface area contributed by atoms with Crippen LogP contribution in [0.2, 0.25) is 0 Å². The van der Waals surface area contributed by atoms with Crippen molar-refractivity contribution < 1.29 is 9.59 Å². The molecule has 1 saturated heterocycles. The van der Waals surface area contributed by atoms with Gasteiger partial charge in [0.25, 0.3) is 0 Å². The van der Waals surface area contributed by atoms with Gasteiger partial charge in [-0.1, -0.05) is 30.0 Å². The summed E-state index contributed by atoms with van der Waals surface area (Å²) in [5.41, 5.74) is 1.58. The van der Waals surface area contributed by atoms with E-state index in [4.69, 9.17) is 0 Å². The number of fused-ring (bicyclic) bond motifs is 6. The predicted molar refractivity (Wildman–Crippen MR) is 101 cm³/mol. The van der Waals surface area contributed by atoms with Crippen LogP contribution in [0.4, 0.5) is 5.69 Å². The van der Waals surface area contributed by atoms with Crippen LogP contribution in [0.5, 0.6) is 0 Å². The highest BCUT2D eigenvalue weighted by molar-refractivity contribution is 8.01. The summed E-state index contributed by atoms with van der Waals surface area (Å²) in [6.07, 6.45) is 7.05. The van der Waals surface area contributed by atoms with Crippen LogP contribution in [0.15, 0.2) is 47.3 Å². The number of rotatable bonds is 4. The Hall–Kier alpha value is -1.92. The first-order chi connectivity index (χ1) is 12.2. The molecule has 1 aliphatic heterocycles. The van der Waals surface area contributed by atoms with Gasteiger partial charge in [-0.15, -0.1) is 17.9 Å². The smallest absolute Gasteiger partial charge is 0.238 e. The zero-order chi connectivity index (χ0) is 17.1. The number of aromatic nitrogens is 1. The number of allylic oxidation sites excluding steroid dienone is 2. The lowest BCUT2D eigenvalue weighted by Crippen LogP contribution is -2.32. The summed E-state index contributed by atoms with van der Waals surface area (Å²) in [5.74, 6) is 0.927. The van der Waals surface area contributed by atoms with E-state index in [1.807, 2.05) is 24.3 Å². The topological polar surface area (TPSA) is 50.3 Å². The Labute approximate surface area is 153 Å². The molecule has 0 N–H and O–H groups in total. The number of carbonyl (C=O) groups excluding carboxylic acids is 2. The normalized spacial score (nSPS) is 29.8. The van der Waals surface area contributed by atoms with E-state index in [1.165, 1.54) is 4.90 Å². The molecule has 2 aromatic rings. The van der Waals surface area contributed by atoms with Crippen LogP contribution < -0.4 is 4.90 Å². The molecule has 25 heavy (non-hydrogen) atoms. The third-order valence-corrected chi connectivity index (χ3v) is 7.56.